The van der Waals surface area contributed by atoms with E-state index in [0.29, 0.717) is 23.3 Å². The molecule has 7 rings (SSSR count). The normalized spacial score (nSPS) is 28.9. The summed E-state index contributed by atoms with van der Waals surface area (Å²) >= 11 is 0. The summed E-state index contributed by atoms with van der Waals surface area (Å²) in [7, 11) is 0. The van der Waals surface area contributed by atoms with E-state index in [9.17, 15) is 18.0 Å². The molecule has 0 spiro atoms. The van der Waals surface area contributed by atoms with Gasteiger partial charge in [-0.1, -0.05) is 30.3 Å². The monoisotopic (exact) mass is 440 g/mol. The fraction of sp³-hybridized carbons (Fsp3) is 0.458. The highest BCUT2D eigenvalue weighted by molar-refractivity contribution is 5.94. The minimum absolute atomic E-state index is 0.00865. The van der Waals surface area contributed by atoms with Crippen LogP contribution in [0, 0.1) is 17.8 Å². The van der Waals surface area contributed by atoms with Gasteiger partial charge in [0.2, 0.25) is 0 Å². The summed E-state index contributed by atoms with van der Waals surface area (Å²) in [6.07, 6.45) is 1.97. The number of hydrogen-bond acceptors (Lipinski definition) is 3. The van der Waals surface area contributed by atoms with Gasteiger partial charge in [0.25, 0.3) is 5.91 Å². The molecule has 0 radical (unpaired) electrons. The SMILES string of the molecule is O=C(NC12CC3CC(CC(C3)C1)C2)c1cc2nc(-c3ccccc3)cc(C(F)(F)F)n2n1. The van der Waals surface area contributed by atoms with Crippen molar-refractivity contribution in [2.45, 2.75) is 50.2 Å². The molecule has 0 aliphatic heterocycles. The van der Waals surface area contributed by atoms with Crippen molar-refractivity contribution >= 4 is 11.6 Å². The average Bonchev–Trinajstić information content (AvgIpc) is 3.16. The van der Waals surface area contributed by atoms with Crippen molar-refractivity contribution in [3.05, 3.63) is 53.9 Å². The Hall–Kier alpha value is -2.90. The molecule has 0 atom stereocenters. The van der Waals surface area contributed by atoms with Crippen LogP contribution >= 0.6 is 0 Å². The van der Waals surface area contributed by atoms with E-state index in [-0.39, 0.29) is 22.6 Å². The number of hydrogen-bond donors (Lipinski definition) is 1. The Morgan fingerprint density at radius 1 is 1.00 bits per heavy atom. The maximum absolute atomic E-state index is 13.8. The van der Waals surface area contributed by atoms with Gasteiger partial charge in [-0.05, 0) is 62.3 Å². The van der Waals surface area contributed by atoms with Gasteiger partial charge in [0, 0.05) is 17.2 Å². The third-order valence-corrected chi connectivity index (χ3v) is 7.44. The lowest BCUT2D eigenvalue weighted by Crippen LogP contribution is -2.59. The van der Waals surface area contributed by atoms with E-state index in [1.165, 1.54) is 25.3 Å². The van der Waals surface area contributed by atoms with Crippen LogP contribution in [0.15, 0.2) is 42.5 Å². The molecule has 4 fully saturated rings. The number of benzene rings is 1. The van der Waals surface area contributed by atoms with Gasteiger partial charge in [-0.25, -0.2) is 9.50 Å². The molecule has 1 N–H and O–H groups in total. The van der Waals surface area contributed by atoms with Crippen molar-refractivity contribution in [2.75, 3.05) is 0 Å². The Balaban J connectivity index is 1.37. The standard InChI is InChI=1S/C24H23F3N4O/c25-24(26,27)20-9-18(17-4-2-1-3-5-17)28-21-10-19(30-31(20)21)22(32)29-23-11-14-6-15(12-23)8-16(7-14)13-23/h1-5,9-10,14-16H,6-8,11-13H2,(H,29,32). The van der Waals surface area contributed by atoms with Crippen LogP contribution < -0.4 is 5.32 Å². The van der Waals surface area contributed by atoms with Crippen molar-refractivity contribution in [1.29, 1.82) is 0 Å². The van der Waals surface area contributed by atoms with E-state index in [4.69, 9.17) is 0 Å². The lowest BCUT2D eigenvalue weighted by molar-refractivity contribution is -0.142. The van der Waals surface area contributed by atoms with E-state index >= 15 is 0 Å². The maximum atomic E-state index is 13.8. The average molecular weight is 440 g/mol. The first-order valence-electron chi connectivity index (χ1n) is 11.1. The van der Waals surface area contributed by atoms with Gasteiger partial charge in [-0.2, -0.15) is 18.3 Å². The second kappa shape index (κ2) is 6.80. The zero-order valence-electron chi connectivity index (χ0n) is 17.4. The number of rotatable bonds is 3. The highest BCUT2D eigenvalue weighted by Gasteiger charge is 2.51. The number of nitrogens with one attached hydrogen (secondary N) is 1. The largest absolute Gasteiger partial charge is 0.433 e. The van der Waals surface area contributed by atoms with Crippen molar-refractivity contribution in [2.24, 2.45) is 17.8 Å². The summed E-state index contributed by atoms with van der Waals surface area (Å²) in [5.74, 6) is 1.53. The predicted molar refractivity (Wildman–Crippen MR) is 112 cm³/mol. The molecule has 4 saturated carbocycles. The molecule has 8 heteroatoms. The molecular formula is C24H23F3N4O. The third kappa shape index (κ3) is 3.27. The summed E-state index contributed by atoms with van der Waals surface area (Å²) in [6, 6.07) is 11.0. The smallest absolute Gasteiger partial charge is 0.345 e. The zero-order chi connectivity index (χ0) is 22.1. The van der Waals surface area contributed by atoms with Gasteiger partial charge in [-0.15, -0.1) is 0 Å². The number of fused-ring (bicyclic) bond motifs is 1. The van der Waals surface area contributed by atoms with Crippen molar-refractivity contribution in [3.8, 4) is 11.3 Å². The number of nitrogens with zero attached hydrogens (tertiary/aromatic N) is 3. The Bertz CT molecular complexity index is 1170. The maximum Gasteiger partial charge on any atom is 0.433 e. The molecule has 166 valence electrons. The number of carbonyl (C=O) groups is 1. The van der Waals surface area contributed by atoms with Gasteiger partial charge < -0.3 is 5.32 Å². The van der Waals surface area contributed by atoms with Crippen molar-refractivity contribution < 1.29 is 18.0 Å². The minimum Gasteiger partial charge on any atom is -0.345 e. The first-order valence-corrected chi connectivity index (χ1v) is 11.1. The molecule has 2 aromatic heterocycles. The van der Waals surface area contributed by atoms with Crippen LogP contribution in [0.25, 0.3) is 16.9 Å². The third-order valence-electron chi connectivity index (χ3n) is 7.44. The van der Waals surface area contributed by atoms with Crippen LogP contribution in [0.4, 0.5) is 13.2 Å². The molecule has 4 aliphatic rings. The number of halogens is 3. The first kappa shape index (κ1) is 19.8. The molecular weight excluding hydrogens is 417 g/mol. The summed E-state index contributed by atoms with van der Waals surface area (Å²) in [6.45, 7) is 0. The second-order valence-corrected chi connectivity index (χ2v) is 9.84. The lowest BCUT2D eigenvalue weighted by Gasteiger charge is -2.56. The van der Waals surface area contributed by atoms with E-state index in [2.05, 4.69) is 15.4 Å². The van der Waals surface area contributed by atoms with Crippen LogP contribution in [0.2, 0.25) is 0 Å². The fourth-order valence-corrected chi connectivity index (χ4v) is 6.61. The fourth-order valence-electron chi connectivity index (χ4n) is 6.61. The van der Waals surface area contributed by atoms with E-state index in [1.807, 2.05) is 0 Å². The van der Waals surface area contributed by atoms with Crippen LogP contribution in [0.5, 0.6) is 0 Å². The molecule has 3 aromatic rings. The zero-order valence-corrected chi connectivity index (χ0v) is 17.4. The lowest BCUT2D eigenvalue weighted by atomic mass is 9.53. The molecule has 4 aliphatic carbocycles. The Labute approximate surface area is 183 Å². The summed E-state index contributed by atoms with van der Waals surface area (Å²) in [5.41, 5.74) is -0.440. The van der Waals surface area contributed by atoms with Crippen molar-refractivity contribution in [3.63, 3.8) is 0 Å². The van der Waals surface area contributed by atoms with Gasteiger partial charge in [0.05, 0.1) is 5.69 Å². The van der Waals surface area contributed by atoms with Crippen LogP contribution in [0.1, 0.15) is 54.7 Å². The molecule has 0 saturated heterocycles. The molecule has 4 bridgehead atoms. The number of amides is 1. The Morgan fingerprint density at radius 2 is 1.62 bits per heavy atom. The van der Waals surface area contributed by atoms with Crippen molar-refractivity contribution in [1.82, 2.24) is 19.9 Å². The van der Waals surface area contributed by atoms with E-state index in [1.54, 1.807) is 30.3 Å². The van der Waals surface area contributed by atoms with E-state index in [0.717, 1.165) is 29.8 Å². The molecule has 2 heterocycles. The molecule has 1 amide bonds. The quantitative estimate of drug-likeness (QED) is 0.616. The van der Waals surface area contributed by atoms with Crippen LogP contribution in [-0.4, -0.2) is 26.0 Å². The topological polar surface area (TPSA) is 59.3 Å². The van der Waals surface area contributed by atoms with Gasteiger partial charge >= 0.3 is 6.18 Å². The highest BCUT2D eigenvalue weighted by atomic mass is 19.4. The number of alkyl halides is 3. The summed E-state index contributed by atoms with van der Waals surface area (Å²) in [5, 5.41) is 7.22. The Morgan fingerprint density at radius 3 is 2.22 bits per heavy atom. The number of aromatic nitrogens is 3. The molecule has 0 unspecified atom stereocenters. The second-order valence-electron chi connectivity index (χ2n) is 9.84. The summed E-state index contributed by atoms with van der Waals surface area (Å²) < 4.78 is 42.2. The van der Waals surface area contributed by atoms with Gasteiger partial charge in [-0.3, -0.25) is 4.79 Å². The Kier molecular flexibility index (Phi) is 4.20. The molecule has 32 heavy (non-hydrogen) atoms. The van der Waals surface area contributed by atoms with Gasteiger partial charge in [0.15, 0.2) is 17.0 Å². The molecule has 5 nitrogen and oxygen atoms in total. The predicted octanol–water partition coefficient (Wildman–Crippen LogP) is 5.11. The molecule has 1 aromatic carbocycles. The summed E-state index contributed by atoms with van der Waals surface area (Å²) in [4.78, 5) is 17.5. The minimum atomic E-state index is -4.63. The first-order chi connectivity index (χ1) is 15.3. The van der Waals surface area contributed by atoms with Crippen LogP contribution in [-0.2, 0) is 6.18 Å². The number of carbonyl (C=O) groups excluding carboxylic acids is 1. The van der Waals surface area contributed by atoms with E-state index < -0.39 is 17.8 Å². The highest BCUT2D eigenvalue weighted by Crippen LogP contribution is 2.55. The van der Waals surface area contributed by atoms with Crippen LogP contribution in [0.3, 0.4) is 0 Å². The van der Waals surface area contributed by atoms with Gasteiger partial charge in [0.1, 0.15) is 0 Å².